The van der Waals surface area contributed by atoms with Gasteiger partial charge in [0.25, 0.3) is 0 Å². The van der Waals surface area contributed by atoms with Gasteiger partial charge in [0.2, 0.25) is 17.7 Å². The van der Waals surface area contributed by atoms with Gasteiger partial charge in [-0.05, 0) is 52.0 Å². The predicted molar refractivity (Wildman–Crippen MR) is 187 cm³/mol. The van der Waals surface area contributed by atoms with Gasteiger partial charge in [0, 0.05) is 44.0 Å². The highest BCUT2D eigenvalue weighted by molar-refractivity contribution is 9.09. The molecule has 11 heteroatoms. The smallest absolute Gasteiger partial charge is 0.313 e. The molecular weight excluding hydrogens is 678 g/mol. The van der Waals surface area contributed by atoms with Crippen LogP contribution in [0.15, 0.2) is 55.6 Å². The van der Waals surface area contributed by atoms with E-state index < -0.39 is 47.7 Å². The average molecular weight is 731 g/mol. The molecule has 4 rings (SSSR count). The Morgan fingerprint density at radius 3 is 2.44 bits per heavy atom. The van der Waals surface area contributed by atoms with Crippen LogP contribution in [0.3, 0.4) is 0 Å². The van der Waals surface area contributed by atoms with Crippen molar-refractivity contribution in [2.45, 2.75) is 106 Å². The molecule has 1 unspecified atom stereocenters. The maximum atomic E-state index is 14.5. The number of aliphatic hydroxyl groups excluding tert-OH is 1. The van der Waals surface area contributed by atoms with E-state index in [9.17, 15) is 24.3 Å². The summed E-state index contributed by atoms with van der Waals surface area (Å²) >= 11 is 3.75. The number of likely N-dealkylation sites (N-methyl/N-ethyl adjacent to an activating group) is 1. The number of carbonyl (C=O) groups is 4. The summed E-state index contributed by atoms with van der Waals surface area (Å²) in [5.74, 6) is -3.02. The molecule has 3 aliphatic rings. The molecule has 0 aromatic heterocycles. The second-order valence-electron chi connectivity index (χ2n) is 13.5. The van der Waals surface area contributed by atoms with Gasteiger partial charge in [0.05, 0.1) is 24.0 Å². The van der Waals surface area contributed by atoms with Gasteiger partial charge in [-0.1, -0.05) is 71.3 Å². The van der Waals surface area contributed by atoms with Crippen LogP contribution in [0.5, 0.6) is 0 Å². The number of hydrogen-bond donors (Lipinski definition) is 1. The Bertz CT molecular complexity index is 1330. The number of hydrogen-bond acceptors (Lipinski definition) is 7. The first kappa shape index (κ1) is 37.8. The Balaban J connectivity index is 1.69. The van der Waals surface area contributed by atoms with Crippen molar-refractivity contribution >= 4 is 39.6 Å². The summed E-state index contributed by atoms with van der Waals surface area (Å²) in [5, 5.41) is 9.23. The minimum atomic E-state index is -1.21. The third-order valence-electron chi connectivity index (χ3n) is 10.2. The van der Waals surface area contributed by atoms with Crippen molar-refractivity contribution in [2.75, 3.05) is 26.7 Å². The van der Waals surface area contributed by atoms with Crippen LogP contribution < -0.4 is 0 Å². The van der Waals surface area contributed by atoms with E-state index in [2.05, 4.69) is 29.1 Å². The third-order valence-corrected chi connectivity index (χ3v) is 11.1. The highest BCUT2D eigenvalue weighted by Crippen LogP contribution is 2.60. The summed E-state index contributed by atoms with van der Waals surface area (Å²) in [6.45, 7) is 14.0. The van der Waals surface area contributed by atoms with Gasteiger partial charge in [0.15, 0.2) is 0 Å². The number of nitrogens with zero attached hydrogens (tertiary/aromatic N) is 3. The van der Waals surface area contributed by atoms with E-state index in [1.165, 1.54) is 0 Å². The molecule has 1 spiro atoms. The van der Waals surface area contributed by atoms with Crippen LogP contribution >= 0.6 is 15.9 Å². The number of benzene rings is 1. The molecule has 2 bridgehead atoms. The molecule has 3 amide bonds. The van der Waals surface area contributed by atoms with Crippen LogP contribution in [-0.4, -0.2) is 105 Å². The van der Waals surface area contributed by atoms with Crippen LogP contribution in [0.2, 0.25) is 0 Å². The number of rotatable bonds is 18. The van der Waals surface area contributed by atoms with E-state index >= 15 is 0 Å². The molecule has 8 atom stereocenters. The zero-order chi connectivity index (χ0) is 35.2. The minimum Gasteiger partial charge on any atom is -0.455 e. The Morgan fingerprint density at radius 1 is 1.12 bits per heavy atom. The molecule has 3 aliphatic heterocycles. The minimum absolute atomic E-state index is 0.0988. The summed E-state index contributed by atoms with van der Waals surface area (Å²) in [4.78, 5) is 61.0. The monoisotopic (exact) mass is 729 g/mol. The zero-order valence-electron chi connectivity index (χ0n) is 28.8. The fourth-order valence-electron chi connectivity index (χ4n) is 7.64. The molecule has 0 saturated carbocycles. The Hall–Kier alpha value is -3.02. The number of aliphatic hydroxyl groups is 1. The van der Waals surface area contributed by atoms with Crippen molar-refractivity contribution in [3.63, 3.8) is 0 Å². The first-order valence-electron chi connectivity index (χ1n) is 17.2. The van der Waals surface area contributed by atoms with E-state index in [1.54, 1.807) is 33.9 Å². The summed E-state index contributed by atoms with van der Waals surface area (Å²) in [7, 11) is 1.70. The van der Waals surface area contributed by atoms with Gasteiger partial charge >= 0.3 is 5.97 Å². The number of likely N-dealkylation sites (tertiary alicyclic amines) is 1. The van der Waals surface area contributed by atoms with Crippen LogP contribution in [-0.2, 0) is 28.7 Å². The van der Waals surface area contributed by atoms with Crippen molar-refractivity contribution in [3.8, 4) is 0 Å². The lowest BCUT2D eigenvalue weighted by molar-refractivity contribution is -0.164. The van der Waals surface area contributed by atoms with Crippen molar-refractivity contribution in [2.24, 2.45) is 11.8 Å². The first-order chi connectivity index (χ1) is 22.9. The lowest BCUT2D eigenvalue weighted by Gasteiger charge is -2.38. The zero-order valence-corrected chi connectivity index (χ0v) is 30.3. The van der Waals surface area contributed by atoms with Gasteiger partial charge in [0.1, 0.15) is 17.7 Å². The molecule has 10 nitrogen and oxygen atoms in total. The fraction of sp³-hybridized carbons (Fsp3) is 0.622. The summed E-state index contributed by atoms with van der Waals surface area (Å²) in [6, 6.07) is 7.73. The van der Waals surface area contributed by atoms with Crippen LogP contribution in [0.1, 0.15) is 77.4 Å². The van der Waals surface area contributed by atoms with Crippen molar-refractivity contribution < 1.29 is 33.8 Å². The molecule has 1 aromatic carbocycles. The van der Waals surface area contributed by atoms with Gasteiger partial charge in [-0.2, -0.15) is 0 Å². The van der Waals surface area contributed by atoms with Crippen LogP contribution in [0.25, 0.3) is 0 Å². The van der Waals surface area contributed by atoms with Gasteiger partial charge in [-0.3, -0.25) is 19.2 Å². The maximum absolute atomic E-state index is 14.5. The van der Waals surface area contributed by atoms with Crippen molar-refractivity contribution in [1.82, 2.24) is 14.7 Å². The topological polar surface area (TPSA) is 117 Å². The number of unbranched alkanes of at least 4 members (excludes halogenated alkanes) is 3. The summed E-state index contributed by atoms with van der Waals surface area (Å²) in [5.41, 5.74) is -0.482. The lowest BCUT2D eigenvalue weighted by Crippen LogP contribution is -2.58. The standard InChI is InChI=1S/C37H52BrN3O7/c1-7-9-19-28(43)39(6)25(5)31(26-17-13-12-14-18-26)47-36(46)29-30-34(44)41(21-15-10-11-16-22-42)33(35(45)40(20-8-2)24(3)4)37(30)23-27(38)32(29)48-37/h7-8,12-14,17-18,24-25,27,29-33,42H,1-2,9-11,15-16,19-23H2,3-6H3/t25-,27?,29+,30-,31+,32+,33+,37-/m0/s1. The van der Waals surface area contributed by atoms with Gasteiger partial charge < -0.3 is 29.3 Å². The van der Waals surface area contributed by atoms with E-state index in [0.29, 0.717) is 38.8 Å². The number of amides is 3. The summed E-state index contributed by atoms with van der Waals surface area (Å²) < 4.78 is 13.0. The highest BCUT2D eigenvalue weighted by Gasteiger charge is 2.77. The molecular formula is C37H52BrN3O7. The average Bonchev–Trinajstić information content (AvgIpc) is 3.67. The van der Waals surface area contributed by atoms with E-state index in [-0.39, 0.29) is 41.6 Å². The number of halogens is 1. The number of fused-ring (bicyclic) bond motifs is 1. The number of alkyl halides is 1. The second-order valence-corrected chi connectivity index (χ2v) is 14.7. The first-order valence-corrected chi connectivity index (χ1v) is 18.1. The Kier molecular flexibility index (Phi) is 13.1. The van der Waals surface area contributed by atoms with Gasteiger partial charge in [-0.25, -0.2) is 0 Å². The molecule has 264 valence electrons. The van der Waals surface area contributed by atoms with E-state index in [4.69, 9.17) is 9.47 Å². The fourth-order valence-corrected chi connectivity index (χ4v) is 8.58. The number of esters is 1. The SMILES string of the molecule is C=CCCC(=O)N(C)[C@@H](C)[C@@H](OC(=O)[C@H]1[C@@H]2O[C@@]3(CC2Br)[C@@H]1C(=O)N(CCCCCCO)[C@@H]3C(=O)N(CC=C)C(C)C)c1ccccc1. The quantitative estimate of drug-likeness (QED) is 0.0999. The predicted octanol–water partition coefficient (Wildman–Crippen LogP) is 4.81. The highest BCUT2D eigenvalue weighted by atomic mass is 79.9. The third kappa shape index (κ3) is 7.43. The molecule has 1 N–H and O–H groups in total. The molecule has 3 fully saturated rings. The molecule has 48 heavy (non-hydrogen) atoms. The maximum Gasteiger partial charge on any atom is 0.313 e. The lowest BCUT2D eigenvalue weighted by atomic mass is 9.70. The van der Waals surface area contributed by atoms with E-state index in [0.717, 1.165) is 18.4 Å². The molecule has 3 heterocycles. The van der Waals surface area contributed by atoms with Crippen LogP contribution in [0, 0.1) is 11.8 Å². The van der Waals surface area contributed by atoms with Crippen molar-refractivity contribution in [3.05, 3.63) is 61.2 Å². The largest absolute Gasteiger partial charge is 0.455 e. The Labute approximate surface area is 293 Å². The molecule has 0 radical (unpaired) electrons. The van der Waals surface area contributed by atoms with Crippen LogP contribution in [0.4, 0.5) is 0 Å². The molecule has 3 saturated heterocycles. The number of ether oxygens (including phenoxy) is 2. The van der Waals surface area contributed by atoms with Crippen molar-refractivity contribution in [1.29, 1.82) is 0 Å². The number of allylic oxidation sites excluding steroid dienone is 1. The van der Waals surface area contributed by atoms with Gasteiger partial charge in [-0.15, -0.1) is 13.2 Å². The Morgan fingerprint density at radius 2 is 1.81 bits per heavy atom. The second kappa shape index (κ2) is 16.6. The molecule has 1 aromatic rings. The summed E-state index contributed by atoms with van der Waals surface area (Å²) in [6.07, 6.45) is 6.02. The normalized spacial score (nSPS) is 27.0. The number of carbonyl (C=O) groups excluding carboxylic acids is 4. The van der Waals surface area contributed by atoms with E-state index in [1.807, 2.05) is 51.1 Å². The molecule has 0 aliphatic carbocycles.